The van der Waals surface area contributed by atoms with Crippen LogP contribution in [0.15, 0.2) is 30.3 Å². The van der Waals surface area contributed by atoms with Gasteiger partial charge in [-0.05, 0) is 62.1 Å². The lowest BCUT2D eigenvalue weighted by atomic mass is 9.92. The number of halogens is 3. The number of anilines is 2. The molecule has 1 aliphatic carbocycles. The number of amides is 1. The Morgan fingerprint density at radius 3 is 2.57 bits per heavy atom. The Labute approximate surface area is 172 Å². The Hall–Kier alpha value is -2.58. The highest BCUT2D eigenvalue weighted by atomic mass is 19.2. The lowest BCUT2D eigenvalue weighted by molar-refractivity contribution is -0.0785. The predicted octanol–water partition coefficient (Wildman–Crippen LogP) is 3.34. The van der Waals surface area contributed by atoms with E-state index in [1.54, 1.807) is 13.0 Å². The second kappa shape index (κ2) is 7.92. The first-order valence-corrected chi connectivity index (χ1v) is 9.99. The molecule has 160 valence electrons. The normalized spacial score (nSPS) is 17.6. The number of aryl methyl sites for hydroxylation is 1. The zero-order valence-corrected chi connectivity index (χ0v) is 16.6. The number of rotatable bonds is 7. The Bertz CT molecular complexity index is 972. The summed E-state index contributed by atoms with van der Waals surface area (Å²) in [6.07, 6.45) is 2.40. The van der Waals surface area contributed by atoms with Crippen LogP contribution < -0.4 is 10.6 Å². The van der Waals surface area contributed by atoms with Crippen LogP contribution in [0, 0.1) is 30.3 Å². The van der Waals surface area contributed by atoms with Gasteiger partial charge in [0.25, 0.3) is 5.91 Å². The monoisotopic (exact) mass is 419 g/mol. The molecule has 30 heavy (non-hydrogen) atoms. The van der Waals surface area contributed by atoms with Crippen LogP contribution in [-0.2, 0) is 0 Å². The molecule has 0 atom stereocenters. The van der Waals surface area contributed by atoms with Gasteiger partial charge in [-0.25, -0.2) is 13.2 Å². The lowest BCUT2D eigenvalue weighted by Crippen LogP contribution is -2.67. The molecule has 0 radical (unpaired) electrons. The number of nitrogens with zero attached hydrogens (tertiary/aromatic N) is 1. The topological polar surface area (TPSA) is 64.6 Å². The maximum atomic E-state index is 14.5. The maximum Gasteiger partial charge on any atom is 0.256 e. The largest absolute Gasteiger partial charge is 0.385 e. The first-order chi connectivity index (χ1) is 14.3. The van der Waals surface area contributed by atoms with E-state index in [9.17, 15) is 23.1 Å². The minimum absolute atomic E-state index is 0.0662. The van der Waals surface area contributed by atoms with Gasteiger partial charge in [0.1, 0.15) is 11.4 Å². The summed E-state index contributed by atoms with van der Waals surface area (Å²) < 4.78 is 42.6. The van der Waals surface area contributed by atoms with E-state index in [0.29, 0.717) is 18.0 Å². The number of aliphatic hydroxyl groups is 1. The Morgan fingerprint density at radius 2 is 1.90 bits per heavy atom. The number of β-amino-alcohol motifs (C(OH)–C–C–N with tert-alkyl or cyclic N) is 1. The molecule has 1 aliphatic heterocycles. The van der Waals surface area contributed by atoms with Crippen LogP contribution in [0.2, 0.25) is 0 Å². The average Bonchev–Trinajstić information content (AvgIpc) is 3.49. The number of likely N-dealkylation sites (tertiary alicyclic amines) is 1. The molecule has 2 aromatic rings. The number of carbonyl (C=O) groups is 1. The highest BCUT2D eigenvalue weighted by Gasteiger charge is 2.44. The van der Waals surface area contributed by atoms with E-state index in [2.05, 4.69) is 10.6 Å². The standard InChI is InChI=1S/C22H24F3N3O2/c1-13-2-7-18(17(24)8-13)27-20-15(5-6-16(23)19(20)25)21(29)28-11-22(30,12-28)10-26-9-14-3-4-14/h2,5-8,14,26-27,30H,3-4,9-12H2,1H3. The van der Waals surface area contributed by atoms with Gasteiger partial charge in [-0.1, -0.05) is 6.07 Å². The molecule has 5 nitrogen and oxygen atoms in total. The first-order valence-electron chi connectivity index (χ1n) is 9.99. The molecule has 0 spiro atoms. The first kappa shape index (κ1) is 20.7. The molecule has 3 N–H and O–H groups in total. The summed E-state index contributed by atoms with van der Waals surface area (Å²) in [5, 5.41) is 16.3. The molecular formula is C22H24F3N3O2. The second-order valence-electron chi connectivity index (χ2n) is 8.35. The van der Waals surface area contributed by atoms with Crippen molar-refractivity contribution in [3.05, 3.63) is 58.9 Å². The van der Waals surface area contributed by atoms with E-state index in [1.807, 2.05) is 0 Å². The summed E-state index contributed by atoms with van der Waals surface area (Å²) in [6.45, 7) is 3.08. The summed E-state index contributed by atoms with van der Waals surface area (Å²) in [4.78, 5) is 14.3. The van der Waals surface area contributed by atoms with Crippen molar-refractivity contribution in [1.29, 1.82) is 0 Å². The van der Waals surface area contributed by atoms with Crippen LogP contribution in [0.3, 0.4) is 0 Å². The molecule has 1 heterocycles. The van der Waals surface area contributed by atoms with Gasteiger partial charge in [-0.2, -0.15) is 0 Å². The summed E-state index contributed by atoms with van der Waals surface area (Å²) >= 11 is 0. The Balaban J connectivity index is 1.49. The number of hydrogen-bond acceptors (Lipinski definition) is 4. The minimum atomic E-state index is -1.26. The van der Waals surface area contributed by atoms with E-state index >= 15 is 0 Å². The molecule has 2 aliphatic rings. The van der Waals surface area contributed by atoms with Gasteiger partial charge in [0.15, 0.2) is 11.6 Å². The highest BCUT2D eigenvalue weighted by molar-refractivity contribution is 6.01. The third-order valence-electron chi connectivity index (χ3n) is 5.55. The zero-order valence-electron chi connectivity index (χ0n) is 16.6. The van der Waals surface area contributed by atoms with Crippen molar-refractivity contribution in [3.63, 3.8) is 0 Å². The van der Waals surface area contributed by atoms with Crippen molar-refractivity contribution in [3.8, 4) is 0 Å². The molecule has 1 amide bonds. The fourth-order valence-corrected chi connectivity index (χ4v) is 3.63. The van der Waals surface area contributed by atoms with Crippen molar-refractivity contribution in [2.75, 3.05) is 31.5 Å². The van der Waals surface area contributed by atoms with Gasteiger partial charge >= 0.3 is 0 Å². The van der Waals surface area contributed by atoms with Crippen LogP contribution >= 0.6 is 0 Å². The number of benzene rings is 2. The summed E-state index contributed by atoms with van der Waals surface area (Å²) in [6, 6.07) is 6.30. The third kappa shape index (κ3) is 4.29. The van der Waals surface area contributed by atoms with Crippen LogP contribution in [0.1, 0.15) is 28.8 Å². The average molecular weight is 419 g/mol. The predicted molar refractivity (Wildman–Crippen MR) is 107 cm³/mol. The van der Waals surface area contributed by atoms with Gasteiger partial charge in [-0.3, -0.25) is 4.79 Å². The fraction of sp³-hybridized carbons (Fsp3) is 0.409. The van der Waals surface area contributed by atoms with E-state index in [1.165, 1.54) is 29.9 Å². The third-order valence-corrected chi connectivity index (χ3v) is 5.55. The van der Waals surface area contributed by atoms with Crippen molar-refractivity contribution < 1.29 is 23.1 Å². The second-order valence-corrected chi connectivity index (χ2v) is 8.35. The van der Waals surface area contributed by atoms with E-state index in [0.717, 1.165) is 18.7 Å². The molecule has 2 fully saturated rings. The summed E-state index contributed by atoms with van der Waals surface area (Å²) in [5.41, 5.74) is -0.987. The zero-order chi connectivity index (χ0) is 21.5. The van der Waals surface area contributed by atoms with Crippen LogP contribution in [-0.4, -0.2) is 47.7 Å². The molecule has 1 saturated heterocycles. The fourth-order valence-electron chi connectivity index (χ4n) is 3.63. The smallest absolute Gasteiger partial charge is 0.256 e. The van der Waals surface area contributed by atoms with Gasteiger partial charge in [0, 0.05) is 6.54 Å². The van der Waals surface area contributed by atoms with E-state index in [4.69, 9.17) is 0 Å². The van der Waals surface area contributed by atoms with Gasteiger partial charge < -0.3 is 20.6 Å². The van der Waals surface area contributed by atoms with Gasteiger partial charge in [0.05, 0.1) is 30.0 Å². The van der Waals surface area contributed by atoms with Crippen LogP contribution in [0.4, 0.5) is 24.5 Å². The van der Waals surface area contributed by atoms with E-state index < -0.39 is 34.6 Å². The molecule has 8 heteroatoms. The maximum absolute atomic E-state index is 14.5. The van der Waals surface area contributed by atoms with Crippen molar-refractivity contribution >= 4 is 17.3 Å². The number of carbonyl (C=O) groups excluding carboxylic acids is 1. The number of hydrogen-bond donors (Lipinski definition) is 3. The Kier molecular flexibility index (Phi) is 5.46. The van der Waals surface area contributed by atoms with Crippen molar-refractivity contribution in [2.45, 2.75) is 25.4 Å². The molecular weight excluding hydrogens is 395 g/mol. The highest BCUT2D eigenvalue weighted by Crippen LogP contribution is 2.32. The van der Waals surface area contributed by atoms with Crippen LogP contribution in [0.25, 0.3) is 0 Å². The SMILES string of the molecule is Cc1ccc(Nc2c(C(=O)N3CC(O)(CNCC4CC4)C3)ccc(F)c2F)c(F)c1. The molecule has 2 aromatic carbocycles. The molecule has 1 saturated carbocycles. The lowest BCUT2D eigenvalue weighted by Gasteiger charge is -2.46. The van der Waals surface area contributed by atoms with Gasteiger partial charge in [0.2, 0.25) is 0 Å². The molecule has 0 unspecified atom stereocenters. The molecule has 4 rings (SSSR count). The van der Waals surface area contributed by atoms with E-state index in [-0.39, 0.29) is 24.3 Å². The number of nitrogens with one attached hydrogen (secondary N) is 2. The molecule has 0 aromatic heterocycles. The minimum Gasteiger partial charge on any atom is -0.385 e. The summed E-state index contributed by atoms with van der Waals surface area (Å²) in [7, 11) is 0. The Morgan fingerprint density at radius 1 is 1.17 bits per heavy atom. The molecule has 0 bridgehead atoms. The van der Waals surface area contributed by atoms with Crippen LogP contribution in [0.5, 0.6) is 0 Å². The summed E-state index contributed by atoms with van der Waals surface area (Å²) in [5.74, 6) is -2.94. The van der Waals surface area contributed by atoms with Gasteiger partial charge in [-0.15, -0.1) is 0 Å². The quantitative estimate of drug-likeness (QED) is 0.644. The van der Waals surface area contributed by atoms with Crippen molar-refractivity contribution in [1.82, 2.24) is 10.2 Å². The van der Waals surface area contributed by atoms with Crippen molar-refractivity contribution in [2.24, 2.45) is 5.92 Å².